The first-order valence-corrected chi connectivity index (χ1v) is 13.4. The summed E-state index contributed by atoms with van der Waals surface area (Å²) in [4.78, 5) is 0. The molecule has 1 atom stereocenters. The van der Waals surface area contributed by atoms with Gasteiger partial charge < -0.3 is 13.6 Å². The van der Waals surface area contributed by atoms with Gasteiger partial charge in [0.05, 0.1) is 6.10 Å². The third-order valence-corrected chi connectivity index (χ3v) is 10.2. The van der Waals surface area contributed by atoms with Gasteiger partial charge in [-0.3, -0.25) is 0 Å². The fraction of sp³-hybridized carbons (Fsp3) is 0.364. The van der Waals surface area contributed by atoms with E-state index in [1.165, 1.54) is 0 Å². The molecule has 31 heavy (non-hydrogen) atoms. The summed E-state index contributed by atoms with van der Waals surface area (Å²) in [5.41, 5.74) is 0. The predicted octanol–water partition coefficient (Wildman–Crippen LogP) is 6.45. The van der Waals surface area contributed by atoms with Crippen LogP contribution in [0.25, 0.3) is 0 Å². The van der Waals surface area contributed by atoms with Crippen LogP contribution in [0.2, 0.25) is 0 Å². The molecule has 0 bridgehead atoms. The van der Waals surface area contributed by atoms with Gasteiger partial charge in [0.1, 0.15) is 11.5 Å². The van der Waals surface area contributed by atoms with Crippen molar-refractivity contribution in [3.05, 3.63) is 72.8 Å². The highest BCUT2D eigenvalue weighted by molar-refractivity contribution is 7.67. The number of hydrogen-bond acceptors (Lipinski definition) is 4. The van der Waals surface area contributed by atoms with Gasteiger partial charge in [0.15, 0.2) is 0 Å². The monoisotopic (exact) mass is 463 g/mol. The molecule has 0 spiro atoms. The highest BCUT2D eigenvalue weighted by Crippen LogP contribution is 2.68. The number of rotatable bonds is 9. The summed E-state index contributed by atoms with van der Waals surface area (Å²) in [5, 5.41) is 0. The van der Waals surface area contributed by atoms with Crippen LogP contribution in [-0.4, -0.2) is 42.6 Å². The molecule has 2 aromatic carbocycles. The van der Waals surface area contributed by atoms with E-state index >= 15 is 0 Å². The predicted molar refractivity (Wildman–Crippen MR) is 126 cm³/mol. The lowest BCUT2D eigenvalue weighted by Gasteiger charge is -2.33. The SMILES string of the molecule is CC/C=C\[C@H](C)OP1(=NP(=O)(Oc2ccccc2)Oc2ccccc2)N(C)CCN1C. The zero-order valence-corrected chi connectivity index (χ0v) is 20.3. The Morgan fingerprint density at radius 3 is 1.94 bits per heavy atom. The van der Waals surface area contributed by atoms with Crippen LogP contribution >= 0.6 is 15.3 Å². The molecule has 3 rings (SSSR count). The van der Waals surface area contributed by atoms with E-state index in [0.717, 1.165) is 19.5 Å². The summed E-state index contributed by atoms with van der Waals surface area (Å²) < 4.78 is 41.1. The molecule has 1 saturated heterocycles. The van der Waals surface area contributed by atoms with E-state index in [9.17, 15) is 4.57 Å². The molecule has 0 saturated carbocycles. The first-order chi connectivity index (χ1) is 14.9. The molecule has 9 heteroatoms. The van der Waals surface area contributed by atoms with Gasteiger partial charge in [-0.25, -0.2) is 13.9 Å². The maximum Gasteiger partial charge on any atom is 0.566 e. The summed E-state index contributed by atoms with van der Waals surface area (Å²) in [7, 11) is -2.91. The Balaban J connectivity index is 2.07. The van der Waals surface area contributed by atoms with E-state index < -0.39 is 15.3 Å². The standard InChI is InChI=1S/C22H31N3O4P2/c1-5-6-13-20(2)27-30(24(3)18-19-25(30)4)23-31(26,28-21-14-9-7-10-15-21)29-22-16-11-8-12-17-22/h6-17,20H,5,18-19H2,1-4H3/b13-6-/t20-/m0/s1. The molecule has 0 aliphatic carbocycles. The summed E-state index contributed by atoms with van der Waals surface area (Å²) in [6, 6.07) is 17.9. The third kappa shape index (κ3) is 6.09. The number of nitrogens with zero attached hydrogens (tertiary/aromatic N) is 3. The minimum absolute atomic E-state index is 0.207. The van der Waals surface area contributed by atoms with Gasteiger partial charge in [0.2, 0.25) is 7.58 Å². The van der Waals surface area contributed by atoms with Gasteiger partial charge in [0.25, 0.3) is 0 Å². The Morgan fingerprint density at radius 1 is 1.00 bits per heavy atom. The van der Waals surface area contributed by atoms with Crippen molar-refractivity contribution in [2.45, 2.75) is 26.4 Å². The average molecular weight is 463 g/mol. The first kappa shape index (κ1) is 23.8. The molecule has 1 aliphatic rings. The largest absolute Gasteiger partial charge is 0.566 e. The van der Waals surface area contributed by atoms with Gasteiger partial charge in [-0.1, -0.05) is 55.5 Å². The van der Waals surface area contributed by atoms with Crippen molar-refractivity contribution in [1.82, 2.24) is 9.34 Å². The third-order valence-electron chi connectivity index (χ3n) is 4.74. The maximum atomic E-state index is 14.1. The molecular weight excluding hydrogens is 432 g/mol. The highest BCUT2D eigenvalue weighted by Gasteiger charge is 2.44. The van der Waals surface area contributed by atoms with Crippen LogP contribution < -0.4 is 9.05 Å². The van der Waals surface area contributed by atoms with Crippen LogP contribution in [0, 0.1) is 0 Å². The molecule has 168 valence electrons. The lowest BCUT2D eigenvalue weighted by molar-refractivity contribution is 0.258. The summed E-state index contributed by atoms with van der Waals surface area (Å²) in [5.74, 6) is 0.846. The second-order valence-corrected chi connectivity index (χ2v) is 11.9. The summed E-state index contributed by atoms with van der Waals surface area (Å²) in [6.07, 6.45) is 4.76. The molecule has 0 N–H and O–H groups in total. The number of hydrogen-bond donors (Lipinski definition) is 0. The quantitative estimate of drug-likeness (QED) is 0.315. The molecule has 1 fully saturated rings. The van der Waals surface area contributed by atoms with Crippen molar-refractivity contribution in [3.8, 4) is 11.5 Å². The second-order valence-electron chi connectivity index (χ2n) is 7.29. The normalized spacial score (nSPS) is 18.2. The molecule has 7 nitrogen and oxygen atoms in total. The summed E-state index contributed by atoms with van der Waals surface area (Å²) in [6.45, 7) is 5.52. The van der Waals surface area contributed by atoms with E-state index in [2.05, 4.69) is 13.0 Å². The van der Waals surface area contributed by atoms with Gasteiger partial charge >= 0.3 is 7.75 Å². The number of para-hydroxylation sites is 2. The van der Waals surface area contributed by atoms with Crippen molar-refractivity contribution in [1.29, 1.82) is 0 Å². The van der Waals surface area contributed by atoms with Crippen molar-refractivity contribution >= 4 is 15.3 Å². The van der Waals surface area contributed by atoms with Crippen LogP contribution in [0.4, 0.5) is 0 Å². The van der Waals surface area contributed by atoms with Crippen LogP contribution in [0.5, 0.6) is 11.5 Å². The molecule has 0 aromatic heterocycles. The van der Waals surface area contributed by atoms with Gasteiger partial charge in [-0.05, 0) is 51.7 Å². The lowest BCUT2D eigenvalue weighted by Crippen LogP contribution is -2.20. The van der Waals surface area contributed by atoms with Gasteiger partial charge in [-0.15, -0.1) is 4.52 Å². The fourth-order valence-electron chi connectivity index (χ4n) is 3.14. The zero-order chi connectivity index (χ0) is 22.3. The summed E-state index contributed by atoms with van der Waals surface area (Å²) >= 11 is 0. The van der Waals surface area contributed by atoms with Crippen LogP contribution in [0.15, 0.2) is 77.3 Å². The molecule has 1 aliphatic heterocycles. The average Bonchev–Trinajstić information content (AvgIpc) is 3.01. The Labute approximate surface area is 185 Å². The van der Waals surface area contributed by atoms with E-state index in [1.807, 2.05) is 72.8 Å². The Bertz CT molecular complexity index is 910. The van der Waals surface area contributed by atoms with Gasteiger partial charge in [0, 0.05) is 13.1 Å². The molecule has 2 aromatic rings. The van der Waals surface area contributed by atoms with E-state index in [1.54, 1.807) is 24.3 Å². The molecule has 1 heterocycles. The molecular formula is C22H31N3O4P2. The smallest absolute Gasteiger partial charge is 0.399 e. The number of allylic oxidation sites excluding steroid dienone is 1. The van der Waals surface area contributed by atoms with Gasteiger partial charge in [-0.2, -0.15) is 0 Å². The van der Waals surface area contributed by atoms with E-state index in [4.69, 9.17) is 18.1 Å². The van der Waals surface area contributed by atoms with Crippen LogP contribution in [0.1, 0.15) is 20.3 Å². The van der Waals surface area contributed by atoms with Crippen molar-refractivity contribution in [3.63, 3.8) is 0 Å². The topological polar surface area (TPSA) is 63.6 Å². The minimum Gasteiger partial charge on any atom is -0.399 e. The Morgan fingerprint density at radius 2 is 1.48 bits per heavy atom. The fourth-order valence-corrected chi connectivity index (χ4v) is 8.71. The highest BCUT2D eigenvalue weighted by atomic mass is 31.2. The van der Waals surface area contributed by atoms with E-state index in [-0.39, 0.29) is 6.10 Å². The van der Waals surface area contributed by atoms with Crippen LogP contribution in [-0.2, 0) is 9.09 Å². The lowest BCUT2D eigenvalue weighted by atomic mass is 10.3. The maximum absolute atomic E-state index is 14.1. The van der Waals surface area contributed by atoms with Crippen molar-refractivity contribution in [2.24, 2.45) is 4.52 Å². The number of likely N-dealkylation sites (N-methyl/N-ethyl adjacent to an activating group) is 2. The van der Waals surface area contributed by atoms with Crippen molar-refractivity contribution < 1.29 is 18.1 Å². The van der Waals surface area contributed by atoms with E-state index in [0.29, 0.717) is 11.5 Å². The molecule has 0 unspecified atom stereocenters. The molecule has 0 radical (unpaired) electrons. The Kier molecular flexibility index (Phi) is 8.15. The Hall–Kier alpha value is -1.88. The first-order valence-electron chi connectivity index (χ1n) is 10.4. The molecule has 0 amide bonds. The zero-order valence-electron chi connectivity index (χ0n) is 18.5. The second kappa shape index (κ2) is 10.6. The van der Waals surface area contributed by atoms with Crippen LogP contribution in [0.3, 0.4) is 0 Å². The van der Waals surface area contributed by atoms with Crippen molar-refractivity contribution in [2.75, 3.05) is 27.2 Å². The minimum atomic E-state index is -3.99. The number of benzene rings is 2.